The van der Waals surface area contributed by atoms with E-state index in [1.807, 2.05) is 6.07 Å². The van der Waals surface area contributed by atoms with Crippen LogP contribution in [0.1, 0.15) is 32.5 Å². The van der Waals surface area contributed by atoms with Crippen LogP contribution >= 0.6 is 11.3 Å². The summed E-state index contributed by atoms with van der Waals surface area (Å²) in [5, 5.41) is 24.2. The number of para-hydroxylation sites is 1. The van der Waals surface area contributed by atoms with Crippen LogP contribution < -0.4 is 10.7 Å². The number of carbonyl (C=O) groups is 2. The quantitative estimate of drug-likeness (QED) is 0.449. The largest absolute Gasteiger partial charge is 0.462 e. The third kappa shape index (κ3) is 4.69. The van der Waals surface area contributed by atoms with Crippen LogP contribution in [0.15, 0.2) is 35.4 Å². The summed E-state index contributed by atoms with van der Waals surface area (Å²) >= 11 is 0.981. The summed E-state index contributed by atoms with van der Waals surface area (Å²) in [6.45, 7) is 3.44. The van der Waals surface area contributed by atoms with Crippen molar-refractivity contribution < 1.29 is 14.3 Å². The standard InChI is InChI=1S/C18H15N5O3S/c1-3-26-18(25)14-11(2)15(16(24)21-12-7-5-4-6-8-12)27-17(14)23-22-13(9-19)10-20/h4-8,23H,3H2,1-2H3,(H,21,24). The number of hydrogen-bond donors (Lipinski definition) is 2. The second kappa shape index (κ2) is 9.13. The smallest absolute Gasteiger partial charge is 0.341 e. The molecule has 9 heteroatoms. The van der Waals surface area contributed by atoms with Crippen molar-refractivity contribution in [3.8, 4) is 12.1 Å². The van der Waals surface area contributed by atoms with Gasteiger partial charge in [-0.3, -0.25) is 10.2 Å². The highest BCUT2D eigenvalue weighted by Crippen LogP contribution is 2.34. The van der Waals surface area contributed by atoms with Gasteiger partial charge >= 0.3 is 5.97 Å². The minimum Gasteiger partial charge on any atom is -0.462 e. The maximum absolute atomic E-state index is 12.6. The molecule has 0 saturated heterocycles. The Labute approximate surface area is 159 Å². The van der Waals surface area contributed by atoms with E-state index < -0.39 is 17.6 Å². The number of hydrazone groups is 1. The molecule has 0 aliphatic rings. The summed E-state index contributed by atoms with van der Waals surface area (Å²) in [7, 11) is 0. The van der Waals surface area contributed by atoms with E-state index in [4.69, 9.17) is 15.3 Å². The first-order valence-corrected chi connectivity index (χ1v) is 8.64. The number of nitrogens with one attached hydrogen (secondary N) is 2. The van der Waals surface area contributed by atoms with Crippen LogP contribution in [-0.2, 0) is 4.74 Å². The Morgan fingerprint density at radius 1 is 1.22 bits per heavy atom. The van der Waals surface area contributed by atoms with Gasteiger partial charge in [0, 0.05) is 5.69 Å². The molecule has 0 aliphatic heterocycles. The van der Waals surface area contributed by atoms with Crippen molar-refractivity contribution >= 4 is 39.6 Å². The Kier molecular flexibility index (Phi) is 6.64. The molecular weight excluding hydrogens is 366 g/mol. The molecule has 0 radical (unpaired) electrons. The molecule has 2 N–H and O–H groups in total. The van der Waals surface area contributed by atoms with Gasteiger partial charge in [-0.1, -0.05) is 18.2 Å². The first-order valence-electron chi connectivity index (χ1n) is 7.82. The normalized spacial score (nSPS) is 9.48. The fourth-order valence-electron chi connectivity index (χ4n) is 2.15. The molecule has 0 aliphatic carbocycles. The topological polar surface area (TPSA) is 127 Å². The number of nitrogens with zero attached hydrogens (tertiary/aromatic N) is 3. The molecule has 1 aromatic carbocycles. The van der Waals surface area contributed by atoms with Crippen LogP contribution in [0.2, 0.25) is 0 Å². The zero-order valence-electron chi connectivity index (χ0n) is 14.6. The zero-order chi connectivity index (χ0) is 19.8. The lowest BCUT2D eigenvalue weighted by molar-refractivity contribution is 0.0527. The van der Waals surface area contributed by atoms with Crippen LogP contribution in [0, 0.1) is 29.6 Å². The van der Waals surface area contributed by atoms with Gasteiger partial charge in [-0.25, -0.2) is 4.79 Å². The lowest BCUT2D eigenvalue weighted by Gasteiger charge is -2.05. The predicted molar refractivity (Wildman–Crippen MR) is 102 cm³/mol. The molecule has 0 unspecified atom stereocenters. The zero-order valence-corrected chi connectivity index (χ0v) is 15.4. The third-order valence-electron chi connectivity index (χ3n) is 3.35. The molecule has 2 aromatic rings. The summed E-state index contributed by atoms with van der Waals surface area (Å²) in [5.41, 5.74) is 3.27. The van der Waals surface area contributed by atoms with Crippen molar-refractivity contribution in [3.05, 3.63) is 46.3 Å². The molecule has 0 saturated carbocycles. The van der Waals surface area contributed by atoms with Gasteiger partial charge in [-0.2, -0.15) is 15.6 Å². The van der Waals surface area contributed by atoms with E-state index >= 15 is 0 Å². The fraction of sp³-hybridized carbons (Fsp3) is 0.167. The number of thiophene rings is 1. The monoisotopic (exact) mass is 381 g/mol. The van der Waals surface area contributed by atoms with Crippen molar-refractivity contribution in [2.24, 2.45) is 5.10 Å². The summed E-state index contributed by atoms with van der Waals surface area (Å²) in [4.78, 5) is 25.2. The van der Waals surface area contributed by atoms with E-state index in [2.05, 4.69) is 15.8 Å². The first-order chi connectivity index (χ1) is 13.0. The molecule has 1 aromatic heterocycles. The van der Waals surface area contributed by atoms with Crippen LogP contribution in [0.25, 0.3) is 0 Å². The van der Waals surface area contributed by atoms with E-state index in [-0.39, 0.29) is 22.0 Å². The second-order valence-corrected chi connectivity index (χ2v) is 6.12. The highest BCUT2D eigenvalue weighted by atomic mass is 32.1. The maximum atomic E-state index is 12.6. The Hall–Kier alpha value is -3.69. The van der Waals surface area contributed by atoms with Crippen LogP contribution in [0.4, 0.5) is 10.7 Å². The Morgan fingerprint density at radius 2 is 1.89 bits per heavy atom. The highest BCUT2D eigenvalue weighted by molar-refractivity contribution is 7.18. The van der Waals surface area contributed by atoms with Gasteiger partial charge in [0.15, 0.2) is 0 Å². The number of carbonyl (C=O) groups excluding carboxylic acids is 2. The van der Waals surface area contributed by atoms with Crippen molar-refractivity contribution in [3.63, 3.8) is 0 Å². The Balaban J connectivity index is 2.41. The van der Waals surface area contributed by atoms with E-state index in [1.165, 1.54) is 0 Å². The summed E-state index contributed by atoms with van der Waals surface area (Å²) in [6.07, 6.45) is 0. The third-order valence-corrected chi connectivity index (χ3v) is 4.54. The minimum atomic E-state index is -0.627. The Morgan fingerprint density at radius 3 is 2.48 bits per heavy atom. The molecule has 27 heavy (non-hydrogen) atoms. The predicted octanol–water partition coefficient (Wildman–Crippen LogP) is 3.30. The molecule has 1 amide bonds. The van der Waals surface area contributed by atoms with Crippen LogP contribution in [-0.4, -0.2) is 24.2 Å². The molecule has 1 heterocycles. The maximum Gasteiger partial charge on any atom is 0.341 e. The van der Waals surface area contributed by atoms with Gasteiger partial charge in [0.1, 0.15) is 17.1 Å². The molecule has 2 rings (SSSR count). The molecule has 136 valence electrons. The summed E-state index contributed by atoms with van der Waals surface area (Å²) in [5.74, 6) is -1.02. The van der Waals surface area contributed by atoms with Crippen molar-refractivity contribution in [1.29, 1.82) is 10.5 Å². The van der Waals surface area contributed by atoms with Gasteiger partial charge in [-0.15, -0.1) is 11.3 Å². The van der Waals surface area contributed by atoms with Gasteiger partial charge in [0.05, 0.1) is 17.0 Å². The molecule has 0 fully saturated rings. The van der Waals surface area contributed by atoms with Crippen LogP contribution in [0.3, 0.4) is 0 Å². The number of nitriles is 2. The van der Waals surface area contributed by atoms with Crippen molar-refractivity contribution in [2.45, 2.75) is 13.8 Å². The second-order valence-electron chi connectivity index (χ2n) is 5.10. The van der Waals surface area contributed by atoms with Crippen molar-refractivity contribution in [2.75, 3.05) is 17.3 Å². The fourth-order valence-corrected chi connectivity index (χ4v) is 3.18. The summed E-state index contributed by atoms with van der Waals surface area (Å²) < 4.78 is 5.04. The molecular formula is C18H15N5O3S. The Bertz CT molecular complexity index is 951. The van der Waals surface area contributed by atoms with Gasteiger partial charge < -0.3 is 10.1 Å². The van der Waals surface area contributed by atoms with Gasteiger partial charge in [-0.05, 0) is 31.5 Å². The number of esters is 1. The first kappa shape index (κ1) is 19.6. The minimum absolute atomic E-state index is 0.138. The highest BCUT2D eigenvalue weighted by Gasteiger charge is 2.25. The van der Waals surface area contributed by atoms with E-state index in [0.717, 1.165) is 11.3 Å². The number of amides is 1. The average Bonchev–Trinajstić information content (AvgIpc) is 3.00. The van der Waals surface area contributed by atoms with Gasteiger partial charge in [0.2, 0.25) is 5.71 Å². The number of rotatable bonds is 6. The average molecular weight is 381 g/mol. The number of ether oxygens (including phenoxy) is 1. The van der Waals surface area contributed by atoms with E-state index in [0.29, 0.717) is 11.3 Å². The number of benzene rings is 1. The molecule has 0 spiro atoms. The van der Waals surface area contributed by atoms with E-state index in [1.54, 1.807) is 50.3 Å². The molecule has 0 bridgehead atoms. The SMILES string of the molecule is CCOC(=O)c1c(NN=C(C#N)C#N)sc(C(=O)Nc2ccccc2)c1C. The number of anilines is 2. The molecule has 8 nitrogen and oxygen atoms in total. The number of hydrogen-bond acceptors (Lipinski definition) is 8. The van der Waals surface area contributed by atoms with Crippen molar-refractivity contribution in [1.82, 2.24) is 0 Å². The van der Waals surface area contributed by atoms with Crippen LogP contribution in [0.5, 0.6) is 0 Å². The summed E-state index contributed by atoms with van der Waals surface area (Å²) in [6, 6.07) is 12.1. The van der Waals surface area contributed by atoms with Gasteiger partial charge in [0.25, 0.3) is 5.91 Å². The lowest BCUT2D eigenvalue weighted by atomic mass is 10.1. The van der Waals surface area contributed by atoms with E-state index in [9.17, 15) is 9.59 Å². The molecule has 0 atom stereocenters. The lowest BCUT2D eigenvalue weighted by Crippen LogP contribution is -2.12.